The van der Waals surface area contributed by atoms with E-state index < -0.39 is 6.43 Å². The molecular weight excluding hydrogens is 234 g/mol. The number of carbonyl (C=O) groups is 1. The first-order valence-electron chi connectivity index (χ1n) is 5.56. The molecule has 0 saturated carbocycles. The van der Waals surface area contributed by atoms with Crippen molar-refractivity contribution in [1.29, 1.82) is 0 Å². The maximum absolute atomic E-state index is 12.5. The van der Waals surface area contributed by atoms with Gasteiger partial charge in [0.05, 0.1) is 0 Å². The number of rotatable bonds is 3. The molecule has 0 radical (unpaired) electrons. The predicted octanol–water partition coefficient (Wildman–Crippen LogP) is 4.41. The molecule has 0 bridgehead atoms. The molecule has 0 fully saturated rings. The Hall–Kier alpha value is -2.03. The van der Waals surface area contributed by atoms with Crippen LogP contribution in [0.5, 0.6) is 0 Å². The van der Waals surface area contributed by atoms with Crippen LogP contribution in [-0.4, -0.2) is 6.29 Å². The average molecular weight is 246 g/mol. The quantitative estimate of drug-likeness (QED) is 0.733. The molecule has 0 N–H and O–H groups in total. The van der Waals surface area contributed by atoms with Gasteiger partial charge >= 0.3 is 0 Å². The highest BCUT2D eigenvalue weighted by Crippen LogP contribution is 2.27. The van der Waals surface area contributed by atoms with Crippen molar-refractivity contribution in [3.05, 3.63) is 59.2 Å². The zero-order valence-electron chi connectivity index (χ0n) is 9.86. The Morgan fingerprint density at radius 3 is 2.28 bits per heavy atom. The molecule has 18 heavy (non-hydrogen) atoms. The standard InChI is InChI=1S/C15H12F2O/c1-10-2-3-13(9-18)14(8-10)11-4-6-12(7-5-11)15(16)17/h2-9,15H,1H3. The summed E-state index contributed by atoms with van der Waals surface area (Å²) < 4.78 is 24.9. The Balaban J connectivity index is 2.48. The van der Waals surface area contributed by atoms with Crippen LogP contribution < -0.4 is 0 Å². The van der Waals surface area contributed by atoms with E-state index in [2.05, 4.69) is 0 Å². The summed E-state index contributed by atoms with van der Waals surface area (Å²) in [5, 5.41) is 0. The van der Waals surface area contributed by atoms with Gasteiger partial charge in [0.2, 0.25) is 0 Å². The van der Waals surface area contributed by atoms with Crippen LogP contribution in [0.15, 0.2) is 42.5 Å². The van der Waals surface area contributed by atoms with Gasteiger partial charge in [-0.3, -0.25) is 4.79 Å². The number of aldehydes is 1. The molecule has 0 unspecified atom stereocenters. The van der Waals surface area contributed by atoms with Gasteiger partial charge in [0.15, 0.2) is 6.29 Å². The lowest BCUT2D eigenvalue weighted by Crippen LogP contribution is -1.90. The van der Waals surface area contributed by atoms with Crippen molar-refractivity contribution in [3.63, 3.8) is 0 Å². The molecule has 2 aromatic rings. The molecule has 0 aromatic heterocycles. The Bertz CT molecular complexity index is 559. The number of carbonyl (C=O) groups excluding carboxylic acids is 1. The highest BCUT2D eigenvalue weighted by molar-refractivity contribution is 5.87. The van der Waals surface area contributed by atoms with E-state index in [1.165, 1.54) is 12.1 Å². The highest BCUT2D eigenvalue weighted by atomic mass is 19.3. The van der Waals surface area contributed by atoms with Crippen molar-refractivity contribution in [1.82, 2.24) is 0 Å². The summed E-state index contributed by atoms with van der Waals surface area (Å²) in [6, 6.07) is 11.5. The summed E-state index contributed by atoms with van der Waals surface area (Å²) in [4.78, 5) is 11.0. The second-order valence-electron chi connectivity index (χ2n) is 4.13. The Labute approximate surface area is 104 Å². The van der Waals surface area contributed by atoms with Crippen LogP contribution in [0.4, 0.5) is 8.78 Å². The second-order valence-corrected chi connectivity index (χ2v) is 4.13. The van der Waals surface area contributed by atoms with Crippen LogP contribution in [0.3, 0.4) is 0 Å². The van der Waals surface area contributed by atoms with Gasteiger partial charge in [-0.05, 0) is 18.1 Å². The van der Waals surface area contributed by atoms with Gasteiger partial charge in [0, 0.05) is 11.1 Å². The fraction of sp³-hybridized carbons (Fsp3) is 0.133. The first-order chi connectivity index (χ1) is 8.61. The van der Waals surface area contributed by atoms with Crippen molar-refractivity contribution in [2.24, 2.45) is 0 Å². The van der Waals surface area contributed by atoms with Crippen molar-refractivity contribution in [2.45, 2.75) is 13.3 Å². The van der Waals surface area contributed by atoms with Crippen molar-refractivity contribution in [2.75, 3.05) is 0 Å². The molecular formula is C15H12F2O. The SMILES string of the molecule is Cc1ccc(C=O)c(-c2ccc(C(F)F)cc2)c1. The minimum atomic E-state index is -2.47. The molecule has 2 rings (SSSR count). The normalized spacial score (nSPS) is 10.7. The first kappa shape index (κ1) is 12.4. The molecule has 0 atom stereocenters. The monoisotopic (exact) mass is 246 g/mol. The number of benzene rings is 2. The number of hydrogen-bond donors (Lipinski definition) is 0. The summed E-state index contributed by atoms with van der Waals surface area (Å²) in [5.41, 5.74) is 3.11. The smallest absolute Gasteiger partial charge is 0.263 e. The molecule has 3 heteroatoms. The molecule has 0 aliphatic rings. The van der Waals surface area contributed by atoms with E-state index in [9.17, 15) is 13.6 Å². The maximum Gasteiger partial charge on any atom is 0.263 e. The molecule has 0 aliphatic carbocycles. The van der Waals surface area contributed by atoms with Crippen LogP contribution >= 0.6 is 0 Å². The van der Waals surface area contributed by atoms with Crippen molar-refractivity contribution in [3.8, 4) is 11.1 Å². The van der Waals surface area contributed by atoms with Crippen LogP contribution in [0.25, 0.3) is 11.1 Å². The van der Waals surface area contributed by atoms with Gasteiger partial charge in [-0.2, -0.15) is 0 Å². The molecule has 0 heterocycles. The topological polar surface area (TPSA) is 17.1 Å². The first-order valence-corrected chi connectivity index (χ1v) is 5.56. The van der Waals surface area contributed by atoms with E-state index in [0.29, 0.717) is 5.56 Å². The van der Waals surface area contributed by atoms with Crippen LogP contribution in [-0.2, 0) is 0 Å². The number of halogens is 2. The Morgan fingerprint density at radius 1 is 1.06 bits per heavy atom. The molecule has 0 aliphatic heterocycles. The Morgan fingerprint density at radius 2 is 1.72 bits per heavy atom. The maximum atomic E-state index is 12.5. The number of aryl methyl sites for hydroxylation is 1. The van der Waals surface area contributed by atoms with Gasteiger partial charge in [0.1, 0.15) is 0 Å². The van der Waals surface area contributed by atoms with Gasteiger partial charge in [0.25, 0.3) is 6.43 Å². The zero-order valence-corrected chi connectivity index (χ0v) is 9.86. The average Bonchev–Trinajstić information content (AvgIpc) is 2.39. The summed E-state index contributed by atoms with van der Waals surface area (Å²) in [6.45, 7) is 1.92. The van der Waals surface area contributed by atoms with E-state index in [1.807, 2.05) is 19.1 Å². The Kier molecular flexibility index (Phi) is 3.51. The lowest BCUT2D eigenvalue weighted by Gasteiger charge is -2.07. The number of alkyl halides is 2. The zero-order chi connectivity index (χ0) is 13.1. The van der Waals surface area contributed by atoms with E-state index in [4.69, 9.17) is 0 Å². The van der Waals surface area contributed by atoms with E-state index in [-0.39, 0.29) is 5.56 Å². The number of hydrogen-bond acceptors (Lipinski definition) is 1. The van der Waals surface area contributed by atoms with Crippen molar-refractivity contribution < 1.29 is 13.6 Å². The van der Waals surface area contributed by atoms with Crippen LogP contribution in [0.1, 0.15) is 27.9 Å². The largest absolute Gasteiger partial charge is 0.298 e. The van der Waals surface area contributed by atoms with Gasteiger partial charge in [-0.25, -0.2) is 8.78 Å². The summed E-state index contributed by atoms with van der Waals surface area (Å²) >= 11 is 0. The third-order valence-electron chi connectivity index (χ3n) is 2.81. The second kappa shape index (κ2) is 5.08. The summed E-state index contributed by atoms with van der Waals surface area (Å²) in [7, 11) is 0. The minimum absolute atomic E-state index is 0.0148. The van der Waals surface area contributed by atoms with Crippen LogP contribution in [0.2, 0.25) is 0 Å². The van der Waals surface area contributed by atoms with Gasteiger partial charge < -0.3 is 0 Å². The fourth-order valence-electron chi connectivity index (χ4n) is 1.83. The molecule has 0 amide bonds. The molecule has 2 aromatic carbocycles. The molecule has 0 saturated heterocycles. The van der Waals surface area contributed by atoms with Gasteiger partial charge in [-0.15, -0.1) is 0 Å². The third-order valence-corrected chi connectivity index (χ3v) is 2.81. The lowest BCUT2D eigenvalue weighted by atomic mass is 9.97. The van der Waals surface area contributed by atoms with Crippen molar-refractivity contribution >= 4 is 6.29 Å². The third kappa shape index (κ3) is 2.45. The predicted molar refractivity (Wildman–Crippen MR) is 67.0 cm³/mol. The molecule has 1 nitrogen and oxygen atoms in total. The fourth-order valence-corrected chi connectivity index (χ4v) is 1.83. The van der Waals surface area contributed by atoms with Gasteiger partial charge in [-0.1, -0.05) is 48.0 Å². The van der Waals surface area contributed by atoms with E-state index in [1.54, 1.807) is 18.2 Å². The minimum Gasteiger partial charge on any atom is -0.298 e. The highest BCUT2D eigenvalue weighted by Gasteiger charge is 2.08. The summed E-state index contributed by atoms with van der Waals surface area (Å²) in [6.07, 6.45) is -1.70. The molecule has 0 spiro atoms. The lowest BCUT2D eigenvalue weighted by molar-refractivity contribution is 0.112. The van der Waals surface area contributed by atoms with Crippen LogP contribution in [0, 0.1) is 6.92 Å². The molecule has 92 valence electrons. The van der Waals surface area contributed by atoms with E-state index >= 15 is 0 Å². The summed E-state index contributed by atoms with van der Waals surface area (Å²) in [5.74, 6) is 0. The van der Waals surface area contributed by atoms with E-state index in [0.717, 1.165) is 23.0 Å².